The fourth-order valence-corrected chi connectivity index (χ4v) is 4.08. The van der Waals surface area contributed by atoms with Crippen molar-refractivity contribution in [2.75, 3.05) is 18.4 Å². The SMILES string of the molecule is O=C(C(=Nc1ccc(F)c(Br)c1)NO)C1CCN(C(=O)Nc2ccc(-c3cn[nH]c3)cc2)CC1. The summed E-state index contributed by atoms with van der Waals surface area (Å²) in [5.74, 6) is -1.44. The van der Waals surface area contributed by atoms with Gasteiger partial charge in [0.25, 0.3) is 0 Å². The zero-order chi connectivity index (χ0) is 24.1. The average molecular weight is 529 g/mol. The van der Waals surface area contributed by atoms with Crippen LogP contribution in [-0.4, -0.2) is 51.0 Å². The minimum Gasteiger partial charge on any atom is -0.324 e. The Morgan fingerprint density at radius 1 is 1.15 bits per heavy atom. The number of aromatic amines is 1. The van der Waals surface area contributed by atoms with Crippen LogP contribution in [0.2, 0.25) is 0 Å². The summed E-state index contributed by atoms with van der Waals surface area (Å²) in [5.41, 5.74) is 4.77. The Morgan fingerprint density at radius 2 is 1.88 bits per heavy atom. The fourth-order valence-electron chi connectivity index (χ4n) is 3.71. The third kappa shape index (κ3) is 5.49. The number of carbonyl (C=O) groups excluding carboxylic acids is 2. The van der Waals surface area contributed by atoms with Crippen LogP contribution < -0.4 is 10.8 Å². The molecule has 2 heterocycles. The molecule has 0 saturated carbocycles. The number of amidine groups is 1. The smallest absolute Gasteiger partial charge is 0.321 e. The molecule has 1 aliphatic rings. The maximum absolute atomic E-state index is 13.4. The molecule has 0 aliphatic carbocycles. The van der Waals surface area contributed by atoms with Crippen molar-refractivity contribution in [1.82, 2.24) is 20.6 Å². The number of H-pyrrole nitrogens is 1. The first kappa shape index (κ1) is 23.6. The second-order valence-electron chi connectivity index (χ2n) is 7.79. The number of rotatable bonds is 5. The van der Waals surface area contributed by atoms with Crippen LogP contribution in [0.5, 0.6) is 0 Å². The summed E-state index contributed by atoms with van der Waals surface area (Å²) in [6, 6.07) is 11.2. The first-order valence-corrected chi connectivity index (χ1v) is 11.4. The predicted molar refractivity (Wildman–Crippen MR) is 128 cm³/mol. The normalized spacial score (nSPS) is 14.7. The Bertz CT molecular complexity index is 1190. The molecule has 4 N–H and O–H groups in total. The summed E-state index contributed by atoms with van der Waals surface area (Å²) in [7, 11) is 0. The van der Waals surface area contributed by atoms with E-state index in [-0.39, 0.29) is 22.1 Å². The number of halogens is 2. The molecule has 3 aromatic rings. The van der Waals surface area contributed by atoms with Crippen LogP contribution in [0.15, 0.2) is 64.3 Å². The van der Waals surface area contributed by atoms with Gasteiger partial charge < -0.3 is 10.2 Å². The van der Waals surface area contributed by atoms with E-state index in [2.05, 4.69) is 36.4 Å². The van der Waals surface area contributed by atoms with Crippen molar-refractivity contribution in [2.24, 2.45) is 10.9 Å². The van der Waals surface area contributed by atoms with Gasteiger partial charge in [-0.05, 0) is 64.7 Å². The highest BCUT2D eigenvalue weighted by atomic mass is 79.9. The molecule has 1 aliphatic heterocycles. The van der Waals surface area contributed by atoms with Crippen molar-refractivity contribution in [1.29, 1.82) is 0 Å². The van der Waals surface area contributed by atoms with Crippen molar-refractivity contribution in [3.8, 4) is 11.1 Å². The third-order valence-corrected chi connectivity index (χ3v) is 6.21. The molecule has 9 nitrogen and oxygen atoms in total. The molecule has 0 unspecified atom stereocenters. The maximum atomic E-state index is 13.4. The molecule has 11 heteroatoms. The van der Waals surface area contributed by atoms with Crippen LogP contribution in [0, 0.1) is 11.7 Å². The summed E-state index contributed by atoms with van der Waals surface area (Å²) in [6.45, 7) is 0.770. The number of likely N-dealkylation sites (tertiary alicyclic amines) is 1. The highest BCUT2D eigenvalue weighted by molar-refractivity contribution is 9.10. The van der Waals surface area contributed by atoms with E-state index in [4.69, 9.17) is 0 Å². The number of aliphatic imine (C=N–C) groups is 1. The van der Waals surface area contributed by atoms with Gasteiger partial charge in [0.1, 0.15) is 5.82 Å². The zero-order valence-electron chi connectivity index (χ0n) is 18.0. The zero-order valence-corrected chi connectivity index (χ0v) is 19.5. The van der Waals surface area contributed by atoms with E-state index >= 15 is 0 Å². The van der Waals surface area contributed by atoms with Crippen molar-refractivity contribution < 1.29 is 19.2 Å². The minimum atomic E-state index is -0.455. The minimum absolute atomic E-state index is 0.203. The van der Waals surface area contributed by atoms with E-state index in [0.717, 1.165) is 11.1 Å². The number of hydrogen-bond acceptors (Lipinski definition) is 5. The second kappa shape index (κ2) is 10.6. The molecule has 4 rings (SSSR count). The van der Waals surface area contributed by atoms with Gasteiger partial charge in [-0.3, -0.25) is 15.1 Å². The van der Waals surface area contributed by atoms with Crippen molar-refractivity contribution in [3.05, 3.63) is 65.1 Å². The molecule has 0 spiro atoms. The number of hydrogen-bond donors (Lipinski definition) is 4. The number of hydroxylamine groups is 1. The molecule has 176 valence electrons. The number of anilines is 1. The van der Waals surface area contributed by atoms with Crippen LogP contribution in [-0.2, 0) is 4.79 Å². The van der Waals surface area contributed by atoms with Gasteiger partial charge in [0.15, 0.2) is 5.84 Å². The van der Waals surface area contributed by atoms with Crippen LogP contribution in [0.3, 0.4) is 0 Å². The highest BCUT2D eigenvalue weighted by Gasteiger charge is 2.30. The summed E-state index contributed by atoms with van der Waals surface area (Å²) >= 11 is 3.07. The lowest BCUT2D eigenvalue weighted by molar-refractivity contribution is -0.118. The number of nitrogens with one attached hydrogen (secondary N) is 3. The van der Waals surface area contributed by atoms with Gasteiger partial charge in [-0.15, -0.1) is 0 Å². The first-order valence-electron chi connectivity index (χ1n) is 10.6. The quantitative estimate of drug-likeness (QED) is 0.220. The van der Waals surface area contributed by atoms with E-state index < -0.39 is 11.7 Å². The molecule has 1 saturated heterocycles. The van der Waals surface area contributed by atoms with E-state index in [1.807, 2.05) is 29.7 Å². The molecular weight excluding hydrogens is 507 g/mol. The molecular formula is C23H22BrFN6O3. The van der Waals surface area contributed by atoms with Crippen LogP contribution in [0.4, 0.5) is 20.6 Å². The summed E-state index contributed by atoms with van der Waals surface area (Å²) in [4.78, 5) is 31.2. The Kier molecular flexibility index (Phi) is 7.33. The lowest BCUT2D eigenvalue weighted by Crippen LogP contribution is -2.44. The average Bonchev–Trinajstić information content (AvgIpc) is 3.40. The maximum Gasteiger partial charge on any atom is 0.321 e. The van der Waals surface area contributed by atoms with E-state index in [1.165, 1.54) is 18.2 Å². The number of piperidine rings is 1. The van der Waals surface area contributed by atoms with Crippen molar-refractivity contribution in [2.45, 2.75) is 12.8 Å². The molecule has 1 aromatic heterocycles. The standard InChI is InChI=1S/C23H22BrFN6O3/c24-19-11-18(5-6-20(19)25)28-22(30-34)21(32)15-7-9-31(10-8-15)23(33)29-17-3-1-14(2-4-17)16-12-26-27-13-16/h1-6,11-13,15,34H,7-10H2,(H,26,27)(H,28,30)(H,29,33). The molecule has 2 aromatic carbocycles. The van der Waals surface area contributed by atoms with Crippen LogP contribution in [0.25, 0.3) is 11.1 Å². The Morgan fingerprint density at radius 3 is 2.50 bits per heavy atom. The summed E-state index contributed by atoms with van der Waals surface area (Å²) in [5, 5.41) is 19.0. The summed E-state index contributed by atoms with van der Waals surface area (Å²) in [6.07, 6.45) is 4.37. The lowest BCUT2D eigenvalue weighted by Gasteiger charge is -2.31. The lowest BCUT2D eigenvalue weighted by atomic mass is 9.92. The predicted octanol–water partition coefficient (Wildman–Crippen LogP) is 4.50. The van der Waals surface area contributed by atoms with Gasteiger partial charge in [-0.1, -0.05) is 12.1 Å². The summed E-state index contributed by atoms with van der Waals surface area (Å²) < 4.78 is 13.6. The van der Waals surface area contributed by atoms with Gasteiger partial charge in [0.05, 0.1) is 16.4 Å². The Hall–Kier alpha value is -3.57. The number of Topliss-reactive ketones (excluding diaryl/α,β-unsaturated/α-hetero) is 1. The molecule has 2 amide bonds. The molecule has 1 fully saturated rings. The number of urea groups is 1. The number of nitrogens with zero attached hydrogens (tertiary/aromatic N) is 3. The van der Waals surface area contributed by atoms with Crippen molar-refractivity contribution in [3.63, 3.8) is 0 Å². The second-order valence-corrected chi connectivity index (χ2v) is 8.65. The highest BCUT2D eigenvalue weighted by Crippen LogP contribution is 2.25. The van der Waals surface area contributed by atoms with Gasteiger partial charge >= 0.3 is 6.03 Å². The number of ketones is 1. The van der Waals surface area contributed by atoms with Crippen LogP contribution >= 0.6 is 15.9 Å². The Balaban J connectivity index is 1.32. The first-order chi connectivity index (χ1) is 16.4. The largest absolute Gasteiger partial charge is 0.324 e. The van der Waals surface area contributed by atoms with Gasteiger partial charge in [-0.2, -0.15) is 5.10 Å². The Labute approximate surface area is 203 Å². The third-order valence-electron chi connectivity index (χ3n) is 5.60. The van der Waals surface area contributed by atoms with Gasteiger partial charge in [-0.25, -0.2) is 19.7 Å². The van der Waals surface area contributed by atoms with Gasteiger partial charge in [0.2, 0.25) is 5.78 Å². The number of carbonyl (C=O) groups is 2. The fraction of sp³-hybridized carbons (Fsp3) is 0.217. The van der Waals surface area contributed by atoms with Crippen molar-refractivity contribution >= 4 is 45.0 Å². The molecule has 0 atom stereocenters. The van der Waals surface area contributed by atoms with E-state index in [0.29, 0.717) is 37.3 Å². The number of amides is 2. The number of aromatic nitrogens is 2. The molecule has 0 bridgehead atoms. The van der Waals surface area contributed by atoms with E-state index in [9.17, 15) is 19.2 Å². The van der Waals surface area contributed by atoms with Gasteiger partial charge in [0, 0.05) is 36.5 Å². The topological polar surface area (TPSA) is 123 Å². The van der Waals surface area contributed by atoms with Crippen LogP contribution in [0.1, 0.15) is 12.8 Å². The van der Waals surface area contributed by atoms with E-state index in [1.54, 1.807) is 17.3 Å². The number of benzene rings is 2. The molecule has 34 heavy (non-hydrogen) atoms. The molecule has 0 radical (unpaired) electrons. The monoisotopic (exact) mass is 528 g/mol.